The molecule has 0 heterocycles. The maximum Gasteiger partial charge on any atom is 0.499 e. The molecule has 1 aliphatic carbocycles. The van der Waals surface area contributed by atoms with Gasteiger partial charge in [-0.2, -0.15) is 0 Å². The van der Waals surface area contributed by atoms with Crippen LogP contribution in [-0.2, 0) is 19.7 Å². The molecule has 1 aromatic carbocycles. The molecule has 0 atom stereocenters. The standard InChI is InChI=1S/C13H16N2O5S2/c1-20-10-5-4-8-12(9-10)22(18,19)13(15-14)21(16,17)11-6-2-3-7-11/h4-5,8-9,11H,2-3,6-7H2,1H3. The molecule has 2 rings (SSSR count). The largest absolute Gasteiger partial charge is 0.499 e. The van der Waals surface area contributed by atoms with E-state index in [9.17, 15) is 16.8 Å². The summed E-state index contributed by atoms with van der Waals surface area (Å²) in [6.07, 6.45) is 2.16. The zero-order valence-electron chi connectivity index (χ0n) is 12.0. The van der Waals surface area contributed by atoms with E-state index in [1.54, 1.807) is 0 Å². The minimum atomic E-state index is -4.45. The zero-order valence-corrected chi connectivity index (χ0v) is 13.6. The second-order valence-corrected chi connectivity index (χ2v) is 9.27. The van der Waals surface area contributed by atoms with Crippen LogP contribution in [0, 0.1) is 0 Å². The van der Waals surface area contributed by atoms with Crippen LogP contribution in [0.4, 0.5) is 0 Å². The average Bonchev–Trinajstić information content (AvgIpc) is 3.02. The Kier molecular flexibility index (Phi) is 4.69. The molecule has 0 aliphatic heterocycles. The van der Waals surface area contributed by atoms with Gasteiger partial charge in [0, 0.05) is 0 Å². The monoisotopic (exact) mass is 344 g/mol. The number of rotatable bonds is 3. The van der Waals surface area contributed by atoms with Crippen LogP contribution in [-0.4, -0.2) is 38.4 Å². The first-order valence-corrected chi connectivity index (χ1v) is 9.72. The van der Waals surface area contributed by atoms with E-state index < -0.39 is 29.3 Å². The normalized spacial score (nSPS) is 16.2. The summed E-state index contributed by atoms with van der Waals surface area (Å²) in [7, 11) is -7.29. The lowest BCUT2D eigenvalue weighted by Crippen LogP contribution is -2.33. The van der Waals surface area contributed by atoms with Crippen molar-refractivity contribution in [2.75, 3.05) is 7.11 Å². The molecule has 0 bridgehead atoms. The fourth-order valence-corrected chi connectivity index (χ4v) is 6.59. The third-order valence-corrected chi connectivity index (χ3v) is 8.34. The van der Waals surface area contributed by atoms with E-state index in [2.05, 4.69) is 4.79 Å². The topological polar surface area (TPSA) is 114 Å². The van der Waals surface area contributed by atoms with Crippen LogP contribution in [0.5, 0.6) is 5.75 Å². The molecule has 9 heteroatoms. The first kappa shape index (κ1) is 16.7. The predicted octanol–water partition coefficient (Wildman–Crippen LogP) is 1.41. The summed E-state index contributed by atoms with van der Waals surface area (Å²) in [5, 5.41) is -0.821. The van der Waals surface area contributed by atoms with Crippen molar-refractivity contribution < 1.29 is 26.4 Å². The quantitative estimate of drug-likeness (QED) is 0.356. The van der Waals surface area contributed by atoms with Gasteiger partial charge in [-0.05, 0) is 31.0 Å². The molecule has 1 saturated carbocycles. The van der Waals surface area contributed by atoms with Crippen molar-refractivity contribution in [2.24, 2.45) is 0 Å². The highest BCUT2D eigenvalue weighted by atomic mass is 32.3. The number of hydrogen-bond acceptors (Lipinski definition) is 5. The maximum absolute atomic E-state index is 12.5. The Bertz CT molecular complexity index is 818. The lowest BCUT2D eigenvalue weighted by atomic mass is 10.3. The number of nitrogens with zero attached hydrogens (tertiary/aromatic N) is 2. The number of ether oxygens (including phenoxy) is 1. The number of benzene rings is 1. The zero-order chi connectivity index (χ0) is 16.4. The maximum atomic E-state index is 12.5. The van der Waals surface area contributed by atoms with Gasteiger partial charge in [-0.1, -0.05) is 18.9 Å². The van der Waals surface area contributed by atoms with Gasteiger partial charge in [-0.25, -0.2) is 16.8 Å². The summed E-state index contributed by atoms with van der Waals surface area (Å²) in [5.41, 5.74) is 9.04. The predicted molar refractivity (Wildman–Crippen MR) is 80.0 cm³/mol. The summed E-state index contributed by atoms with van der Waals surface area (Å²) in [5.74, 6) is 0.261. The van der Waals surface area contributed by atoms with Crippen molar-refractivity contribution in [2.45, 2.75) is 35.8 Å². The molecule has 1 aromatic rings. The highest BCUT2D eigenvalue weighted by Crippen LogP contribution is 2.28. The van der Waals surface area contributed by atoms with Crippen LogP contribution in [0.3, 0.4) is 0 Å². The van der Waals surface area contributed by atoms with Crippen molar-refractivity contribution in [3.05, 3.63) is 29.8 Å². The molecule has 0 amide bonds. The Balaban J connectivity index is 2.52. The molecule has 0 unspecified atom stereocenters. The van der Waals surface area contributed by atoms with Crippen molar-refractivity contribution in [3.8, 4) is 5.75 Å². The number of methoxy groups -OCH3 is 1. The van der Waals surface area contributed by atoms with Gasteiger partial charge in [-0.15, -0.1) is 4.79 Å². The Hall–Kier alpha value is -1.70. The van der Waals surface area contributed by atoms with E-state index in [0.717, 1.165) is 0 Å². The molecule has 22 heavy (non-hydrogen) atoms. The van der Waals surface area contributed by atoms with E-state index in [4.69, 9.17) is 10.3 Å². The van der Waals surface area contributed by atoms with Gasteiger partial charge in [0.25, 0.3) is 19.7 Å². The highest BCUT2D eigenvalue weighted by Gasteiger charge is 2.48. The molecular formula is C13H16N2O5S2. The van der Waals surface area contributed by atoms with Crippen molar-refractivity contribution in [1.29, 1.82) is 0 Å². The van der Waals surface area contributed by atoms with Crippen molar-refractivity contribution >= 4 is 24.1 Å². The van der Waals surface area contributed by atoms with Crippen LogP contribution in [0.15, 0.2) is 29.2 Å². The van der Waals surface area contributed by atoms with Crippen LogP contribution >= 0.6 is 0 Å². The molecule has 0 aromatic heterocycles. The van der Waals surface area contributed by atoms with Gasteiger partial charge in [0.05, 0.1) is 17.3 Å². The third-order valence-electron chi connectivity index (χ3n) is 3.65. The summed E-state index contributed by atoms with van der Waals surface area (Å²) >= 11 is 0. The highest BCUT2D eigenvalue weighted by molar-refractivity contribution is 8.31. The molecular weight excluding hydrogens is 328 g/mol. The Labute approximate surface area is 129 Å². The second-order valence-electron chi connectivity index (χ2n) is 5.00. The molecule has 0 N–H and O–H groups in total. The molecule has 1 fully saturated rings. The Morgan fingerprint density at radius 3 is 2.41 bits per heavy atom. The van der Waals surface area contributed by atoms with Gasteiger partial charge in [0.15, 0.2) is 0 Å². The van der Waals surface area contributed by atoms with Gasteiger partial charge in [-0.3, -0.25) is 0 Å². The smallest absolute Gasteiger partial charge is 0.497 e. The molecule has 0 spiro atoms. The van der Waals surface area contributed by atoms with E-state index in [0.29, 0.717) is 25.7 Å². The minimum Gasteiger partial charge on any atom is -0.497 e. The Morgan fingerprint density at radius 2 is 1.86 bits per heavy atom. The Morgan fingerprint density at radius 1 is 1.23 bits per heavy atom. The fourth-order valence-electron chi connectivity index (χ4n) is 2.47. The van der Waals surface area contributed by atoms with Crippen molar-refractivity contribution in [1.82, 2.24) is 0 Å². The molecule has 120 valence electrons. The van der Waals surface area contributed by atoms with E-state index in [1.807, 2.05) is 0 Å². The number of sulfone groups is 2. The summed E-state index contributed by atoms with van der Waals surface area (Å²) in [4.78, 5) is 2.32. The van der Waals surface area contributed by atoms with Gasteiger partial charge in [0.1, 0.15) is 5.75 Å². The fraction of sp³-hybridized carbons (Fsp3) is 0.462. The number of hydrogen-bond donors (Lipinski definition) is 0. The van der Waals surface area contributed by atoms with Gasteiger partial charge < -0.3 is 10.3 Å². The van der Waals surface area contributed by atoms with E-state index in [-0.39, 0.29) is 10.6 Å². The SMILES string of the molecule is COc1cccc(S(=O)(=O)C(=[N+]=[N-])S(=O)(=O)C2CCCC2)c1. The van der Waals surface area contributed by atoms with E-state index in [1.165, 1.54) is 31.4 Å². The molecule has 1 aliphatic rings. The van der Waals surface area contributed by atoms with E-state index >= 15 is 0 Å². The van der Waals surface area contributed by atoms with Gasteiger partial charge >= 0.3 is 4.38 Å². The molecule has 7 nitrogen and oxygen atoms in total. The van der Waals surface area contributed by atoms with Crippen molar-refractivity contribution in [3.63, 3.8) is 0 Å². The lowest BCUT2D eigenvalue weighted by Gasteiger charge is -2.08. The molecule has 0 radical (unpaired) electrons. The summed E-state index contributed by atoms with van der Waals surface area (Å²) in [6, 6.07) is 5.36. The average molecular weight is 344 g/mol. The lowest BCUT2D eigenvalue weighted by molar-refractivity contribution is 0.00373. The first-order chi connectivity index (χ1) is 10.3. The van der Waals surface area contributed by atoms with Crippen LogP contribution in [0.2, 0.25) is 0 Å². The van der Waals surface area contributed by atoms with Crippen LogP contribution < -0.4 is 4.74 Å². The second kappa shape index (κ2) is 6.20. The summed E-state index contributed by atoms with van der Waals surface area (Å²) in [6.45, 7) is 0. The first-order valence-electron chi connectivity index (χ1n) is 6.69. The van der Waals surface area contributed by atoms with Crippen LogP contribution in [0.25, 0.3) is 5.53 Å². The third kappa shape index (κ3) is 2.92. The van der Waals surface area contributed by atoms with Crippen LogP contribution in [0.1, 0.15) is 25.7 Å². The summed E-state index contributed by atoms with van der Waals surface area (Å²) < 4.78 is 53.6. The minimum absolute atomic E-state index is 0.261. The van der Waals surface area contributed by atoms with Gasteiger partial charge in [0.2, 0.25) is 0 Å². The molecule has 0 saturated heterocycles.